The highest BCUT2D eigenvalue weighted by atomic mass is 16.5. The summed E-state index contributed by atoms with van der Waals surface area (Å²) in [4.78, 5) is 29.9. The van der Waals surface area contributed by atoms with Gasteiger partial charge in [-0.1, -0.05) is 13.8 Å². The first-order chi connectivity index (χ1) is 13.4. The first-order valence-corrected chi connectivity index (χ1v) is 11.0. The number of nitrogens with zero attached hydrogens (tertiary/aromatic N) is 3. The minimum atomic E-state index is -0.915. The molecule has 0 radical (unpaired) electrons. The van der Waals surface area contributed by atoms with Crippen LogP contribution in [0.2, 0.25) is 0 Å². The number of rotatable bonds is 5. The Morgan fingerprint density at radius 3 is 2.10 bits per heavy atom. The molecule has 2 heterocycles. The SMILES string of the molecule is CN(C)C(=O)N1CCC(O)(C(C)(C)C(C)(C)OC2CCN(C(=O)C3CC3)C2)CC1. The molecule has 2 saturated heterocycles. The summed E-state index contributed by atoms with van der Waals surface area (Å²) in [5.41, 5.74) is -2.00. The number of hydrogen-bond acceptors (Lipinski definition) is 4. The third kappa shape index (κ3) is 4.26. The lowest BCUT2D eigenvalue weighted by Crippen LogP contribution is -2.62. The van der Waals surface area contributed by atoms with Gasteiger partial charge in [-0.3, -0.25) is 4.79 Å². The zero-order chi connectivity index (χ0) is 21.6. The molecule has 0 spiro atoms. The van der Waals surface area contributed by atoms with Crippen LogP contribution < -0.4 is 0 Å². The summed E-state index contributed by atoms with van der Waals surface area (Å²) in [7, 11) is 3.51. The van der Waals surface area contributed by atoms with Crippen molar-refractivity contribution < 1.29 is 19.4 Å². The van der Waals surface area contributed by atoms with E-state index in [1.165, 1.54) is 0 Å². The van der Waals surface area contributed by atoms with E-state index in [9.17, 15) is 14.7 Å². The van der Waals surface area contributed by atoms with Crippen LogP contribution in [-0.2, 0) is 9.53 Å². The van der Waals surface area contributed by atoms with Crippen LogP contribution in [0.25, 0.3) is 0 Å². The zero-order valence-corrected chi connectivity index (χ0v) is 19.0. The maximum Gasteiger partial charge on any atom is 0.319 e. The minimum Gasteiger partial charge on any atom is -0.389 e. The maximum atomic E-state index is 12.3. The van der Waals surface area contributed by atoms with E-state index in [0.717, 1.165) is 25.8 Å². The van der Waals surface area contributed by atoms with Gasteiger partial charge in [-0.25, -0.2) is 4.79 Å². The standard InChI is InChI=1S/C22H39N3O4/c1-20(2,22(28)10-13-24(14-11-22)19(27)23(5)6)21(3,4)29-17-9-12-25(15-17)18(26)16-7-8-16/h16-17,28H,7-15H2,1-6H3. The molecule has 3 fully saturated rings. The van der Waals surface area contributed by atoms with Crippen molar-refractivity contribution in [2.45, 2.75) is 77.1 Å². The van der Waals surface area contributed by atoms with Gasteiger partial charge in [0.25, 0.3) is 0 Å². The second kappa shape index (κ2) is 7.73. The van der Waals surface area contributed by atoms with E-state index in [2.05, 4.69) is 13.8 Å². The normalized spacial score (nSPS) is 25.3. The maximum absolute atomic E-state index is 12.3. The molecule has 1 N–H and O–H groups in total. The smallest absolute Gasteiger partial charge is 0.319 e. The van der Waals surface area contributed by atoms with E-state index >= 15 is 0 Å². The quantitative estimate of drug-likeness (QED) is 0.756. The molecule has 166 valence electrons. The second-order valence-electron chi connectivity index (χ2n) is 10.4. The molecule has 1 unspecified atom stereocenters. The molecule has 0 aromatic heterocycles. The summed E-state index contributed by atoms with van der Waals surface area (Å²) in [5, 5.41) is 11.6. The first kappa shape index (κ1) is 22.3. The van der Waals surface area contributed by atoms with E-state index in [1.807, 2.05) is 18.7 Å². The number of likely N-dealkylation sites (tertiary alicyclic amines) is 2. The van der Waals surface area contributed by atoms with Gasteiger partial charge in [0.1, 0.15) is 0 Å². The van der Waals surface area contributed by atoms with Gasteiger partial charge in [-0.05, 0) is 46.0 Å². The summed E-state index contributed by atoms with van der Waals surface area (Å²) in [6, 6.07) is -0.00765. The Morgan fingerprint density at radius 1 is 1.00 bits per heavy atom. The molecule has 1 atom stereocenters. The van der Waals surface area contributed by atoms with Crippen LogP contribution in [0.15, 0.2) is 0 Å². The van der Waals surface area contributed by atoms with Crippen LogP contribution in [0.5, 0.6) is 0 Å². The number of piperidine rings is 1. The fourth-order valence-corrected chi connectivity index (χ4v) is 4.71. The summed E-state index contributed by atoms with van der Waals surface area (Å²) in [6.45, 7) is 10.7. The molecule has 7 nitrogen and oxygen atoms in total. The lowest BCUT2D eigenvalue weighted by molar-refractivity contribution is -0.216. The van der Waals surface area contributed by atoms with Crippen molar-refractivity contribution in [2.75, 3.05) is 40.3 Å². The van der Waals surface area contributed by atoms with Gasteiger partial charge in [0.2, 0.25) is 5.91 Å². The van der Waals surface area contributed by atoms with Gasteiger partial charge in [-0.2, -0.15) is 0 Å². The molecule has 1 saturated carbocycles. The monoisotopic (exact) mass is 409 g/mol. The predicted molar refractivity (Wildman–Crippen MR) is 111 cm³/mol. The number of ether oxygens (including phenoxy) is 1. The zero-order valence-electron chi connectivity index (χ0n) is 19.0. The largest absolute Gasteiger partial charge is 0.389 e. The first-order valence-electron chi connectivity index (χ1n) is 11.0. The van der Waals surface area contributed by atoms with Crippen molar-refractivity contribution in [1.29, 1.82) is 0 Å². The van der Waals surface area contributed by atoms with Gasteiger partial charge in [0.15, 0.2) is 0 Å². The van der Waals surface area contributed by atoms with Crippen molar-refractivity contribution in [3.63, 3.8) is 0 Å². The van der Waals surface area contributed by atoms with Gasteiger partial charge < -0.3 is 24.5 Å². The van der Waals surface area contributed by atoms with Crippen molar-refractivity contribution in [2.24, 2.45) is 11.3 Å². The van der Waals surface area contributed by atoms with Crippen molar-refractivity contribution >= 4 is 11.9 Å². The molecule has 3 aliphatic rings. The van der Waals surface area contributed by atoms with E-state index in [1.54, 1.807) is 23.9 Å². The van der Waals surface area contributed by atoms with Crippen LogP contribution in [0, 0.1) is 11.3 Å². The third-order valence-corrected chi connectivity index (χ3v) is 7.76. The van der Waals surface area contributed by atoms with Crippen molar-refractivity contribution in [1.82, 2.24) is 14.7 Å². The van der Waals surface area contributed by atoms with Crippen LogP contribution in [-0.4, -0.2) is 89.3 Å². The molecular weight excluding hydrogens is 370 g/mol. The number of hydrogen-bond donors (Lipinski definition) is 1. The Hall–Kier alpha value is -1.34. The fraction of sp³-hybridized carbons (Fsp3) is 0.909. The lowest BCUT2D eigenvalue weighted by Gasteiger charge is -2.55. The predicted octanol–water partition coefficient (Wildman–Crippen LogP) is 2.33. The number of carbonyl (C=O) groups excluding carboxylic acids is 2. The molecule has 2 aliphatic heterocycles. The number of urea groups is 1. The van der Waals surface area contributed by atoms with Gasteiger partial charge in [-0.15, -0.1) is 0 Å². The third-order valence-electron chi connectivity index (χ3n) is 7.76. The number of carbonyl (C=O) groups is 2. The molecule has 1 aliphatic carbocycles. The van der Waals surface area contributed by atoms with E-state index in [-0.39, 0.29) is 24.0 Å². The minimum absolute atomic E-state index is 0.00554. The summed E-state index contributed by atoms with van der Waals surface area (Å²) in [5.74, 6) is 0.527. The Morgan fingerprint density at radius 2 is 1.59 bits per heavy atom. The van der Waals surface area contributed by atoms with E-state index < -0.39 is 16.6 Å². The van der Waals surface area contributed by atoms with Crippen LogP contribution in [0.3, 0.4) is 0 Å². The second-order valence-corrected chi connectivity index (χ2v) is 10.4. The molecule has 0 bridgehead atoms. The number of amides is 3. The molecule has 0 aromatic rings. The average Bonchev–Trinajstić information content (AvgIpc) is 3.40. The summed E-state index contributed by atoms with van der Waals surface area (Å²) < 4.78 is 6.53. The van der Waals surface area contributed by atoms with Gasteiger partial charge in [0, 0.05) is 51.6 Å². The molecule has 0 aromatic carbocycles. The Labute approximate surface area is 175 Å². The van der Waals surface area contributed by atoms with Crippen molar-refractivity contribution in [3.05, 3.63) is 0 Å². The van der Waals surface area contributed by atoms with Crippen LogP contribution in [0.1, 0.15) is 59.8 Å². The van der Waals surface area contributed by atoms with E-state index in [4.69, 9.17) is 4.74 Å². The molecule has 29 heavy (non-hydrogen) atoms. The molecule has 3 rings (SSSR count). The Bertz CT molecular complexity index is 634. The average molecular weight is 410 g/mol. The lowest BCUT2D eigenvalue weighted by atomic mass is 9.61. The summed E-state index contributed by atoms with van der Waals surface area (Å²) in [6.07, 6.45) is 3.97. The Balaban J connectivity index is 1.61. The molecule has 3 amide bonds. The molecular formula is C22H39N3O4. The van der Waals surface area contributed by atoms with Crippen LogP contribution >= 0.6 is 0 Å². The molecule has 7 heteroatoms. The number of aliphatic hydroxyl groups is 1. The highest BCUT2D eigenvalue weighted by molar-refractivity contribution is 5.81. The highest BCUT2D eigenvalue weighted by Gasteiger charge is 2.55. The van der Waals surface area contributed by atoms with Gasteiger partial charge >= 0.3 is 6.03 Å². The van der Waals surface area contributed by atoms with Crippen molar-refractivity contribution in [3.8, 4) is 0 Å². The van der Waals surface area contributed by atoms with E-state index in [0.29, 0.717) is 32.5 Å². The Kier molecular flexibility index (Phi) is 5.96. The van der Waals surface area contributed by atoms with Gasteiger partial charge in [0.05, 0.1) is 17.3 Å². The highest BCUT2D eigenvalue weighted by Crippen LogP contribution is 2.49. The fourth-order valence-electron chi connectivity index (χ4n) is 4.71. The summed E-state index contributed by atoms with van der Waals surface area (Å²) >= 11 is 0. The topological polar surface area (TPSA) is 73.3 Å². The van der Waals surface area contributed by atoms with Crippen LogP contribution in [0.4, 0.5) is 4.79 Å².